The van der Waals surface area contributed by atoms with Gasteiger partial charge in [0.1, 0.15) is 10.7 Å². The van der Waals surface area contributed by atoms with Gasteiger partial charge in [0.25, 0.3) is 0 Å². The van der Waals surface area contributed by atoms with Crippen molar-refractivity contribution in [3.63, 3.8) is 0 Å². The number of rotatable bonds is 4. The fraction of sp³-hybridized carbons (Fsp3) is 0.455. The van der Waals surface area contributed by atoms with E-state index in [-0.39, 0.29) is 12.2 Å². The van der Waals surface area contributed by atoms with Gasteiger partial charge in [0.15, 0.2) is 0 Å². The molecule has 106 valence electrons. The normalized spacial score (nSPS) is 18.1. The molecule has 0 saturated heterocycles. The van der Waals surface area contributed by atoms with Crippen molar-refractivity contribution < 1.29 is 17.9 Å². The van der Waals surface area contributed by atoms with E-state index in [1.54, 1.807) is 0 Å². The number of aliphatic hydroxyl groups is 1. The van der Waals surface area contributed by atoms with E-state index in [1.807, 2.05) is 0 Å². The third-order valence-electron chi connectivity index (χ3n) is 3.22. The van der Waals surface area contributed by atoms with Crippen molar-refractivity contribution in [1.82, 2.24) is 4.72 Å². The molecule has 0 aliphatic heterocycles. The van der Waals surface area contributed by atoms with Crippen LogP contribution in [0.25, 0.3) is 0 Å². The number of nitrogens with two attached hydrogens (primary N) is 1. The highest BCUT2D eigenvalue weighted by Gasteiger charge is 2.36. The summed E-state index contributed by atoms with van der Waals surface area (Å²) in [6.07, 6.45) is 1.94. The zero-order chi connectivity index (χ0) is 14.3. The molecular formula is C11H14BrFN2O3S. The number of anilines is 1. The van der Waals surface area contributed by atoms with Crippen LogP contribution in [0.2, 0.25) is 0 Å². The summed E-state index contributed by atoms with van der Waals surface area (Å²) in [4.78, 5) is -0.517. The molecule has 5 nitrogen and oxygen atoms in total. The van der Waals surface area contributed by atoms with Crippen LogP contribution in [0.1, 0.15) is 19.3 Å². The first-order valence-corrected chi connectivity index (χ1v) is 7.98. The molecule has 1 aliphatic carbocycles. The first-order chi connectivity index (χ1) is 8.73. The van der Waals surface area contributed by atoms with Crippen molar-refractivity contribution in [3.8, 4) is 0 Å². The lowest BCUT2D eigenvalue weighted by Crippen LogP contribution is -2.47. The van der Waals surface area contributed by atoms with E-state index in [0.717, 1.165) is 18.6 Å². The predicted molar refractivity (Wildman–Crippen MR) is 72.5 cm³/mol. The standard InChI is InChI=1S/C11H14BrFN2O3S/c12-7-4-8(13)10(5-9(7)14)19(17,18)15-6-11(16)2-1-3-11/h4-5,15-16H,1-3,6,14H2. The lowest BCUT2D eigenvalue weighted by molar-refractivity contribution is -0.0271. The highest BCUT2D eigenvalue weighted by molar-refractivity contribution is 9.10. The molecule has 19 heavy (non-hydrogen) atoms. The molecule has 1 fully saturated rings. The Bertz CT molecular complexity index is 602. The van der Waals surface area contributed by atoms with Crippen LogP contribution < -0.4 is 10.5 Å². The third kappa shape index (κ3) is 3.07. The van der Waals surface area contributed by atoms with E-state index < -0.39 is 26.3 Å². The van der Waals surface area contributed by atoms with Gasteiger partial charge in [0.05, 0.1) is 5.60 Å². The zero-order valence-corrected chi connectivity index (χ0v) is 12.4. The summed E-state index contributed by atoms with van der Waals surface area (Å²) >= 11 is 3.02. The maximum atomic E-state index is 13.7. The van der Waals surface area contributed by atoms with Gasteiger partial charge in [-0.25, -0.2) is 17.5 Å². The first kappa shape index (κ1) is 14.7. The molecule has 0 atom stereocenters. The van der Waals surface area contributed by atoms with Gasteiger partial charge in [-0.1, -0.05) is 0 Å². The molecule has 2 rings (SSSR count). The number of nitrogens with one attached hydrogen (secondary N) is 1. The summed E-state index contributed by atoms with van der Waals surface area (Å²) in [5.74, 6) is -0.894. The van der Waals surface area contributed by atoms with Crippen molar-refractivity contribution in [1.29, 1.82) is 0 Å². The van der Waals surface area contributed by atoms with Crippen LogP contribution in [-0.4, -0.2) is 25.7 Å². The Hall–Kier alpha value is -0.700. The Morgan fingerprint density at radius 2 is 2.11 bits per heavy atom. The van der Waals surface area contributed by atoms with E-state index in [9.17, 15) is 17.9 Å². The second-order valence-electron chi connectivity index (χ2n) is 4.71. The number of nitrogen functional groups attached to an aromatic ring is 1. The van der Waals surface area contributed by atoms with Crippen molar-refractivity contribution in [2.75, 3.05) is 12.3 Å². The summed E-state index contributed by atoms with van der Waals surface area (Å²) in [6, 6.07) is 2.05. The fourth-order valence-corrected chi connectivity index (χ4v) is 3.35. The summed E-state index contributed by atoms with van der Waals surface area (Å²) < 4.78 is 40.1. The maximum Gasteiger partial charge on any atom is 0.243 e. The number of sulfonamides is 1. The molecular weight excluding hydrogens is 339 g/mol. The summed E-state index contributed by atoms with van der Waals surface area (Å²) in [5, 5.41) is 9.84. The molecule has 0 spiro atoms. The van der Waals surface area contributed by atoms with Crippen molar-refractivity contribution in [3.05, 3.63) is 22.4 Å². The van der Waals surface area contributed by atoms with Crippen LogP contribution in [0.15, 0.2) is 21.5 Å². The monoisotopic (exact) mass is 352 g/mol. The predicted octanol–water partition coefficient (Wildman–Crippen LogP) is 1.36. The summed E-state index contributed by atoms with van der Waals surface area (Å²) in [7, 11) is -4.03. The van der Waals surface area contributed by atoms with Crippen molar-refractivity contribution in [2.45, 2.75) is 29.8 Å². The Labute approximate surface area is 119 Å². The van der Waals surface area contributed by atoms with Crippen LogP contribution in [0.5, 0.6) is 0 Å². The third-order valence-corrected chi connectivity index (χ3v) is 5.32. The van der Waals surface area contributed by atoms with Gasteiger partial charge in [-0.05, 0) is 47.3 Å². The average molecular weight is 353 g/mol. The molecule has 1 saturated carbocycles. The van der Waals surface area contributed by atoms with Crippen molar-refractivity contribution >= 4 is 31.6 Å². The second-order valence-corrected chi connectivity index (χ2v) is 7.30. The Balaban J connectivity index is 2.22. The lowest BCUT2D eigenvalue weighted by Gasteiger charge is -2.36. The maximum absolute atomic E-state index is 13.7. The SMILES string of the molecule is Nc1cc(S(=O)(=O)NCC2(O)CCC2)c(F)cc1Br. The smallest absolute Gasteiger partial charge is 0.243 e. The molecule has 0 aromatic heterocycles. The summed E-state index contributed by atoms with van der Waals surface area (Å²) in [5.41, 5.74) is 4.67. The lowest BCUT2D eigenvalue weighted by atomic mass is 9.81. The van der Waals surface area contributed by atoms with Gasteiger partial charge >= 0.3 is 0 Å². The number of benzene rings is 1. The number of hydrogen-bond donors (Lipinski definition) is 3. The molecule has 8 heteroatoms. The molecule has 0 bridgehead atoms. The molecule has 0 heterocycles. The van der Waals surface area contributed by atoms with Crippen LogP contribution in [0.4, 0.5) is 10.1 Å². The quantitative estimate of drug-likeness (QED) is 0.713. The van der Waals surface area contributed by atoms with E-state index in [1.165, 1.54) is 0 Å². The molecule has 1 aliphatic rings. The van der Waals surface area contributed by atoms with Gasteiger partial charge in [-0.2, -0.15) is 0 Å². The fourth-order valence-electron chi connectivity index (χ4n) is 1.82. The molecule has 0 radical (unpaired) electrons. The van der Waals surface area contributed by atoms with E-state index in [2.05, 4.69) is 20.7 Å². The van der Waals surface area contributed by atoms with Crippen LogP contribution in [0.3, 0.4) is 0 Å². The second kappa shape index (κ2) is 5.01. The van der Waals surface area contributed by atoms with Gasteiger partial charge in [0, 0.05) is 16.7 Å². The number of hydrogen-bond acceptors (Lipinski definition) is 4. The average Bonchev–Trinajstić information content (AvgIpc) is 2.28. The van der Waals surface area contributed by atoms with Crippen molar-refractivity contribution in [2.24, 2.45) is 0 Å². The minimum atomic E-state index is -4.03. The highest BCUT2D eigenvalue weighted by Crippen LogP contribution is 2.31. The van der Waals surface area contributed by atoms with E-state index >= 15 is 0 Å². The molecule has 0 unspecified atom stereocenters. The van der Waals surface area contributed by atoms with E-state index in [0.29, 0.717) is 17.3 Å². The zero-order valence-electron chi connectivity index (χ0n) is 9.99. The molecule has 1 aromatic carbocycles. The van der Waals surface area contributed by atoms with Gasteiger partial charge < -0.3 is 10.8 Å². The number of halogens is 2. The van der Waals surface area contributed by atoms with Gasteiger partial charge in [-0.15, -0.1) is 0 Å². The molecule has 1 aromatic rings. The largest absolute Gasteiger partial charge is 0.398 e. The van der Waals surface area contributed by atoms with Gasteiger partial charge in [-0.3, -0.25) is 0 Å². The Morgan fingerprint density at radius 3 is 2.63 bits per heavy atom. The van der Waals surface area contributed by atoms with Gasteiger partial charge in [0.2, 0.25) is 10.0 Å². The Morgan fingerprint density at radius 1 is 1.47 bits per heavy atom. The molecule has 0 amide bonds. The Kier molecular flexibility index (Phi) is 3.87. The van der Waals surface area contributed by atoms with Crippen LogP contribution in [-0.2, 0) is 10.0 Å². The highest BCUT2D eigenvalue weighted by atomic mass is 79.9. The topological polar surface area (TPSA) is 92.4 Å². The first-order valence-electron chi connectivity index (χ1n) is 5.70. The minimum Gasteiger partial charge on any atom is -0.398 e. The molecule has 4 N–H and O–H groups in total. The van der Waals surface area contributed by atoms with Crippen LogP contribution >= 0.6 is 15.9 Å². The van der Waals surface area contributed by atoms with E-state index in [4.69, 9.17) is 5.73 Å². The summed E-state index contributed by atoms with van der Waals surface area (Å²) in [6.45, 7) is -0.120. The van der Waals surface area contributed by atoms with Crippen LogP contribution in [0, 0.1) is 5.82 Å². The minimum absolute atomic E-state index is 0.120.